The van der Waals surface area contributed by atoms with Gasteiger partial charge in [0.15, 0.2) is 5.41 Å². The van der Waals surface area contributed by atoms with Gasteiger partial charge in [-0.3, -0.25) is 4.79 Å². The molecule has 2 atom stereocenters. The highest BCUT2D eigenvalue weighted by molar-refractivity contribution is 14.1. The molecule has 1 aromatic carbocycles. The second-order valence-corrected chi connectivity index (χ2v) is 5.82. The van der Waals surface area contributed by atoms with Gasteiger partial charge >= 0.3 is 5.97 Å². The van der Waals surface area contributed by atoms with Gasteiger partial charge in [0.2, 0.25) is 5.79 Å². The van der Waals surface area contributed by atoms with Crippen LogP contribution >= 0.6 is 22.6 Å². The largest absolute Gasteiger partial charge is 0.465 e. The Kier molecular flexibility index (Phi) is 3.31. The van der Waals surface area contributed by atoms with Crippen molar-refractivity contribution in [2.45, 2.75) is 32.0 Å². The highest BCUT2D eigenvalue weighted by Crippen LogP contribution is 2.49. The Bertz CT molecular complexity index is 498. The average Bonchev–Trinajstić information content (AvgIpc) is 2.49. The van der Waals surface area contributed by atoms with Crippen LogP contribution in [0.4, 0.5) is 0 Å². The van der Waals surface area contributed by atoms with Crippen LogP contribution in [0.1, 0.15) is 26.3 Å². The van der Waals surface area contributed by atoms with Crippen molar-refractivity contribution < 1.29 is 19.4 Å². The second kappa shape index (κ2) is 4.38. The summed E-state index contributed by atoms with van der Waals surface area (Å²) in [6.45, 7) is 5.13. The van der Waals surface area contributed by atoms with Gasteiger partial charge in [-0.05, 0) is 54.6 Å². The van der Waals surface area contributed by atoms with Crippen LogP contribution in [-0.2, 0) is 14.9 Å². The van der Waals surface area contributed by atoms with Crippen LogP contribution in [0.5, 0.6) is 5.75 Å². The molecule has 1 N–H and O–H groups in total. The van der Waals surface area contributed by atoms with Crippen LogP contribution in [0.15, 0.2) is 18.2 Å². The molecule has 1 heterocycles. The van der Waals surface area contributed by atoms with E-state index in [1.165, 1.54) is 6.92 Å². The summed E-state index contributed by atoms with van der Waals surface area (Å²) < 4.78 is 11.5. The zero-order chi connectivity index (χ0) is 13.6. The van der Waals surface area contributed by atoms with Gasteiger partial charge in [0.05, 0.1) is 6.61 Å². The SMILES string of the molecule is CCOC(=O)C1(C)c2cc(I)ccc2OC1(C)O. The van der Waals surface area contributed by atoms with Crippen LogP contribution in [0.2, 0.25) is 0 Å². The summed E-state index contributed by atoms with van der Waals surface area (Å²) in [7, 11) is 0. The Hall–Kier alpha value is -0.820. The molecular weight excluding hydrogens is 347 g/mol. The third-order valence-corrected chi connectivity index (χ3v) is 4.07. The van der Waals surface area contributed by atoms with Crippen molar-refractivity contribution in [2.24, 2.45) is 0 Å². The minimum absolute atomic E-state index is 0.268. The van der Waals surface area contributed by atoms with Gasteiger partial charge in [-0.2, -0.15) is 0 Å². The first-order valence-electron chi connectivity index (χ1n) is 5.71. The zero-order valence-electron chi connectivity index (χ0n) is 10.5. The number of hydrogen-bond donors (Lipinski definition) is 1. The molecule has 0 amide bonds. The first-order valence-corrected chi connectivity index (χ1v) is 6.79. The number of carbonyl (C=O) groups is 1. The summed E-state index contributed by atoms with van der Waals surface area (Å²) in [6, 6.07) is 5.47. The lowest BCUT2D eigenvalue weighted by atomic mass is 9.77. The highest BCUT2D eigenvalue weighted by Gasteiger charge is 2.60. The number of fused-ring (bicyclic) bond motifs is 1. The van der Waals surface area contributed by atoms with Gasteiger partial charge in [-0.1, -0.05) is 0 Å². The number of carbonyl (C=O) groups excluding carboxylic acids is 1. The maximum Gasteiger partial charge on any atom is 0.323 e. The van der Waals surface area contributed by atoms with Crippen molar-refractivity contribution >= 4 is 28.6 Å². The first kappa shape index (κ1) is 13.6. The van der Waals surface area contributed by atoms with Gasteiger partial charge in [0.1, 0.15) is 5.75 Å². The Balaban J connectivity index is 2.58. The number of esters is 1. The molecule has 18 heavy (non-hydrogen) atoms. The van der Waals surface area contributed by atoms with E-state index < -0.39 is 17.2 Å². The molecule has 0 radical (unpaired) electrons. The fourth-order valence-corrected chi connectivity index (χ4v) is 2.61. The van der Waals surface area contributed by atoms with E-state index in [1.54, 1.807) is 19.9 Å². The van der Waals surface area contributed by atoms with Gasteiger partial charge in [0, 0.05) is 16.1 Å². The first-order chi connectivity index (χ1) is 8.33. The minimum Gasteiger partial charge on any atom is -0.465 e. The molecule has 98 valence electrons. The van der Waals surface area contributed by atoms with Crippen molar-refractivity contribution in [1.29, 1.82) is 0 Å². The molecule has 0 aromatic heterocycles. The molecule has 1 aliphatic heterocycles. The molecule has 0 aliphatic carbocycles. The van der Waals surface area contributed by atoms with Crippen LogP contribution < -0.4 is 4.74 Å². The van der Waals surface area contributed by atoms with Gasteiger partial charge in [-0.25, -0.2) is 0 Å². The summed E-state index contributed by atoms with van der Waals surface area (Å²) in [5, 5.41) is 10.4. The van der Waals surface area contributed by atoms with Crippen molar-refractivity contribution in [3.8, 4) is 5.75 Å². The molecule has 1 aliphatic rings. The molecule has 0 bridgehead atoms. The number of aliphatic hydroxyl groups is 1. The lowest BCUT2D eigenvalue weighted by Crippen LogP contribution is -2.53. The van der Waals surface area contributed by atoms with Crippen molar-refractivity contribution in [3.05, 3.63) is 27.3 Å². The average molecular weight is 362 g/mol. The fraction of sp³-hybridized carbons (Fsp3) is 0.462. The van der Waals surface area contributed by atoms with E-state index >= 15 is 0 Å². The number of halogens is 1. The maximum absolute atomic E-state index is 12.2. The quantitative estimate of drug-likeness (QED) is 0.648. The lowest BCUT2D eigenvalue weighted by Gasteiger charge is -2.32. The predicted octanol–water partition coefficient (Wildman–Crippen LogP) is 2.21. The molecule has 2 rings (SSSR count). The van der Waals surface area contributed by atoms with E-state index in [4.69, 9.17) is 9.47 Å². The van der Waals surface area contributed by atoms with Crippen molar-refractivity contribution in [3.63, 3.8) is 0 Å². The molecule has 0 saturated heterocycles. The summed E-state index contributed by atoms with van der Waals surface area (Å²) in [6.07, 6.45) is 0. The summed E-state index contributed by atoms with van der Waals surface area (Å²) in [4.78, 5) is 12.2. The predicted molar refractivity (Wildman–Crippen MR) is 74.4 cm³/mol. The van der Waals surface area contributed by atoms with Crippen LogP contribution in [0.3, 0.4) is 0 Å². The molecule has 5 heteroatoms. The van der Waals surface area contributed by atoms with Crippen LogP contribution in [0, 0.1) is 3.57 Å². The standard InChI is InChI=1S/C13H15IO4/c1-4-17-11(15)12(2)9-7-8(14)5-6-10(9)18-13(12,3)16/h5-7,16H,4H2,1-3H3. The van der Waals surface area contributed by atoms with Crippen LogP contribution in [-0.4, -0.2) is 23.5 Å². The Morgan fingerprint density at radius 1 is 1.50 bits per heavy atom. The van der Waals surface area contributed by atoms with E-state index in [0.717, 1.165) is 3.57 Å². The van der Waals surface area contributed by atoms with Crippen molar-refractivity contribution in [2.75, 3.05) is 6.61 Å². The van der Waals surface area contributed by atoms with E-state index in [1.807, 2.05) is 12.1 Å². The highest BCUT2D eigenvalue weighted by atomic mass is 127. The van der Waals surface area contributed by atoms with E-state index in [-0.39, 0.29) is 6.61 Å². The van der Waals surface area contributed by atoms with E-state index in [9.17, 15) is 9.90 Å². The maximum atomic E-state index is 12.2. The molecule has 0 fully saturated rings. The molecular formula is C13H15IO4. The monoisotopic (exact) mass is 362 g/mol. The van der Waals surface area contributed by atoms with Crippen LogP contribution in [0.25, 0.3) is 0 Å². The molecule has 1 aromatic rings. The molecule has 0 spiro atoms. The summed E-state index contributed by atoms with van der Waals surface area (Å²) in [5.74, 6) is -1.56. The summed E-state index contributed by atoms with van der Waals surface area (Å²) in [5.41, 5.74) is -0.544. The molecule has 2 unspecified atom stereocenters. The number of ether oxygens (including phenoxy) is 2. The fourth-order valence-electron chi connectivity index (χ4n) is 2.12. The zero-order valence-corrected chi connectivity index (χ0v) is 12.6. The normalized spacial score (nSPS) is 29.6. The summed E-state index contributed by atoms with van der Waals surface area (Å²) >= 11 is 2.16. The third-order valence-electron chi connectivity index (χ3n) is 3.40. The van der Waals surface area contributed by atoms with Gasteiger partial charge in [0.25, 0.3) is 0 Å². The second-order valence-electron chi connectivity index (χ2n) is 4.57. The van der Waals surface area contributed by atoms with Crippen molar-refractivity contribution in [1.82, 2.24) is 0 Å². The Morgan fingerprint density at radius 2 is 2.17 bits per heavy atom. The third kappa shape index (κ3) is 1.80. The minimum atomic E-state index is -1.61. The smallest absolute Gasteiger partial charge is 0.323 e. The lowest BCUT2D eigenvalue weighted by molar-refractivity contribution is -0.186. The molecule has 0 saturated carbocycles. The number of rotatable bonds is 2. The topological polar surface area (TPSA) is 55.8 Å². The van der Waals surface area contributed by atoms with E-state index in [0.29, 0.717) is 11.3 Å². The van der Waals surface area contributed by atoms with E-state index in [2.05, 4.69) is 22.6 Å². The number of hydrogen-bond acceptors (Lipinski definition) is 4. The Labute approximate surface area is 119 Å². The molecule has 4 nitrogen and oxygen atoms in total. The van der Waals surface area contributed by atoms with Gasteiger partial charge < -0.3 is 14.6 Å². The van der Waals surface area contributed by atoms with Gasteiger partial charge in [-0.15, -0.1) is 0 Å². The number of benzene rings is 1. The Morgan fingerprint density at radius 3 is 2.78 bits per heavy atom.